The fraction of sp³-hybridized carbons (Fsp3) is 0.750. The Morgan fingerprint density at radius 1 is 1.54 bits per heavy atom. The predicted molar refractivity (Wildman–Crippen MR) is 51.7 cm³/mol. The highest BCUT2D eigenvalue weighted by atomic mass is 16.5. The molecule has 0 saturated carbocycles. The lowest BCUT2D eigenvalue weighted by Crippen LogP contribution is -2.33. The Bertz CT molecular complexity index is 214. The number of ether oxygens (including phenoxy) is 1. The molecule has 0 radical (unpaired) electrons. The molecular formula is C8H16N4O. The number of rotatable bonds is 1. The zero-order valence-electron chi connectivity index (χ0n) is 8.00. The van der Waals surface area contributed by atoms with Gasteiger partial charge in [0.05, 0.1) is 12.2 Å². The van der Waals surface area contributed by atoms with E-state index in [-0.39, 0.29) is 18.2 Å². The molecule has 0 aliphatic carbocycles. The van der Waals surface area contributed by atoms with Crippen LogP contribution in [0.15, 0.2) is 5.10 Å². The van der Waals surface area contributed by atoms with E-state index in [0.717, 1.165) is 18.6 Å². The van der Waals surface area contributed by atoms with Gasteiger partial charge in [-0.15, -0.1) is 0 Å². The van der Waals surface area contributed by atoms with Gasteiger partial charge in [-0.25, -0.2) is 5.43 Å². The van der Waals surface area contributed by atoms with Gasteiger partial charge >= 0.3 is 0 Å². The van der Waals surface area contributed by atoms with Crippen LogP contribution >= 0.6 is 0 Å². The molecule has 1 aliphatic rings. The van der Waals surface area contributed by atoms with Crippen molar-refractivity contribution in [1.82, 2.24) is 5.43 Å². The molecule has 74 valence electrons. The topological polar surface area (TPSA) is 83.5 Å². The van der Waals surface area contributed by atoms with Crippen molar-refractivity contribution in [3.63, 3.8) is 0 Å². The average Bonchev–Trinajstić information content (AvgIpc) is 1.99. The lowest BCUT2D eigenvalue weighted by atomic mass is 10.0. The summed E-state index contributed by atoms with van der Waals surface area (Å²) in [4.78, 5) is 0. The first-order valence-electron chi connectivity index (χ1n) is 4.39. The van der Waals surface area contributed by atoms with Gasteiger partial charge in [0, 0.05) is 18.6 Å². The SMILES string of the molecule is CC1CC(=NNC(=N)N)CC(C)O1. The Kier molecular flexibility index (Phi) is 3.25. The third-order valence-electron chi connectivity index (χ3n) is 1.85. The Morgan fingerprint density at radius 3 is 2.54 bits per heavy atom. The third-order valence-corrected chi connectivity index (χ3v) is 1.85. The number of nitrogens with one attached hydrogen (secondary N) is 2. The Hall–Kier alpha value is -1.10. The second-order valence-electron chi connectivity index (χ2n) is 3.37. The van der Waals surface area contributed by atoms with Crippen molar-refractivity contribution < 1.29 is 4.74 Å². The normalized spacial score (nSPS) is 28.3. The van der Waals surface area contributed by atoms with Crippen LogP contribution in [0, 0.1) is 5.41 Å². The second kappa shape index (κ2) is 4.23. The molecule has 0 aromatic heterocycles. The van der Waals surface area contributed by atoms with Gasteiger partial charge in [0.1, 0.15) is 0 Å². The van der Waals surface area contributed by atoms with Crippen LogP contribution in [0.1, 0.15) is 26.7 Å². The number of nitrogens with two attached hydrogens (primary N) is 1. The monoisotopic (exact) mass is 184 g/mol. The van der Waals surface area contributed by atoms with Crippen LogP contribution < -0.4 is 11.2 Å². The highest BCUT2D eigenvalue weighted by molar-refractivity contribution is 5.87. The minimum Gasteiger partial charge on any atom is -0.375 e. The van der Waals surface area contributed by atoms with E-state index in [1.54, 1.807) is 0 Å². The van der Waals surface area contributed by atoms with Crippen LogP contribution in [-0.2, 0) is 4.74 Å². The predicted octanol–water partition coefficient (Wildman–Crippen LogP) is 0.413. The fourth-order valence-corrected chi connectivity index (χ4v) is 1.47. The molecule has 0 aromatic rings. The zero-order valence-corrected chi connectivity index (χ0v) is 8.00. The van der Waals surface area contributed by atoms with E-state index < -0.39 is 0 Å². The minimum atomic E-state index is -0.126. The molecule has 4 N–H and O–H groups in total. The van der Waals surface area contributed by atoms with Crippen LogP contribution in [0.4, 0.5) is 0 Å². The van der Waals surface area contributed by atoms with Crippen molar-refractivity contribution in [3.05, 3.63) is 0 Å². The summed E-state index contributed by atoms with van der Waals surface area (Å²) in [6.45, 7) is 4.03. The first-order valence-corrected chi connectivity index (χ1v) is 4.39. The van der Waals surface area contributed by atoms with E-state index in [9.17, 15) is 0 Å². The van der Waals surface area contributed by atoms with Gasteiger partial charge in [-0.2, -0.15) is 5.10 Å². The first kappa shape index (κ1) is 9.98. The second-order valence-corrected chi connectivity index (χ2v) is 3.37. The molecule has 2 atom stereocenters. The van der Waals surface area contributed by atoms with Crippen molar-refractivity contribution in [2.45, 2.75) is 38.9 Å². The highest BCUT2D eigenvalue weighted by Gasteiger charge is 2.20. The third kappa shape index (κ3) is 3.42. The molecule has 5 heteroatoms. The molecule has 1 aliphatic heterocycles. The van der Waals surface area contributed by atoms with E-state index in [0.29, 0.717) is 0 Å². The lowest BCUT2D eigenvalue weighted by molar-refractivity contribution is 0.00363. The maximum atomic E-state index is 6.94. The van der Waals surface area contributed by atoms with Gasteiger partial charge in [0.25, 0.3) is 0 Å². The summed E-state index contributed by atoms with van der Waals surface area (Å²) >= 11 is 0. The first-order chi connectivity index (χ1) is 6.08. The summed E-state index contributed by atoms with van der Waals surface area (Å²) in [6.07, 6.45) is 2.03. The van der Waals surface area contributed by atoms with E-state index >= 15 is 0 Å². The molecule has 0 bridgehead atoms. The van der Waals surface area contributed by atoms with Gasteiger partial charge in [0.2, 0.25) is 5.96 Å². The number of nitrogens with zero attached hydrogens (tertiary/aromatic N) is 1. The van der Waals surface area contributed by atoms with Crippen LogP contribution in [0.25, 0.3) is 0 Å². The Labute approximate surface area is 77.8 Å². The van der Waals surface area contributed by atoms with E-state index in [1.165, 1.54) is 0 Å². The van der Waals surface area contributed by atoms with Crippen molar-refractivity contribution >= 4 is 11.7 Å². The largest absolute Gasteiger partial charge is 0.375 e. The molecule has 0 aromatic carbocycles. The summed E-state index contributed by atoms with van der Waals surface area (Å²) in [5, 5.41) is 11.0. The van der Waals surface area contributed by atoms with Crippen molar-refractivity contribution in [2.75, 3.05) is 0 Å². The van der Waals surface area contributed by atoms with Crippen LogP contribution in [0.5, 0.6) is 0 Å². The van der Waals surface area contributed by atoms with Crippen LogP contribution in [-0.4, -0.2) is 23.9 Å². The van der Waals surface area contributed by atoms with Gasteiger partial charge in [0.15, 0.2) is 0 Å². The van der Waals surface area contributed by atoms with Crippen molar-refractivity contribution in [1.29, 1.82) is 5.41 Å². The molecule has 1 fully saturated rings. The molecule has 1 heterocycles. The molecular weight excluding hydrogens is 168 g/mol. The Morgan fingerprint density at radius 2 is 2.08 bits per heavy atom. The summed E-state index contributed by atoms with van der Waals surface area (Å²) in [5.41, 5.74) is 8.58. The smallest absolute Gasteiger partial charge is 0.206 e. The number of hydrogen-bond acceptors (Lipinski definition) is 3. The zero-order chi connectivity index (χ0) is 9.84. The minimum absolute atomic E-state index is 0.126. The van der Waals surface area contributed by atoms with E-state index in [1.807, 2.05) is 13.8 Å². The molecule has 13 heavy (non-hydrogen) atoms. The number of hydrogen-bond donors (Lipinski definition) is 3. The molecule has 5 nitrogen and oxygen atoms in total. The van der Waals surface area contributed by atoms with Gasteiger partial charge < -0.3 is 10.5 Å². The number of hydrazone groups is 1. The van der Waals surface area contributed by atoms with Crippen LogP contribution in [0.2, 0.25) is 0 Å². The molecule has 1 rings (SSSR count). The summed E-state index contributed by atoms with van der Waals surface area (Å²) in [7, 11) is 0. The maximum absolute atomic E-state index is 6.94. The Balaban J connectivity index is 2.49. The van der Waals surface area contributed by atoms with Crippen LogP contribution in [0.3, 0.4) is 0 Å². The molecule has 0 amide bonds. The van der Waals surface area contributed by atoms with E-state index in [2.05, 4.69) is 10.5 Å². The lowest BCUT2D eigenvalue weighted by Gasteiger charge is -2.26. The summed E-state index contributed by atoms with van der Waals surface area (Å²) in [6, 6.07) is 0. The van der Waals surface area contributed by atoms with Crippen molar-refractivity contribution in [3.8, 4) is 0 Å². The quantitative estimate of drug-likeness (QED) is 0.313. The summed E-state index contributed by atoms with van der Waals surface area (Å²) in [5.74, 6) is -0.126. The standard InChI is InChI=1S/C8H16N4O/c1-5-3-7(4-6(2)13-5)11-12-8(9)10/h5-6H,3-4H2,1-2H3,(H4,9,10,12). The molecule has 2 unspecified atom stereocenters. The van der Waals surface area contributed by atoms with Gasteiger partial charge in [-0.05, 0) is 13.8 Å². The summed E-state index contributed by atoms with van der Waals surface area (Å²) < 4.78 is 5.53. The van der Waals surface area contributed by atoms with Crippen molar-refractivity contribution in [2.24, 2.45) is 10.8 Å². The fourth-order valence-electron chi connectivity index (χ4n) is 1.47. The van der Waals surface area contributed by atoms with Gasteiger partial charge in [-0.3, -0.25) is 5.41 Å². The van der Waals surface area contributed by atoms with E-state index in [4.69, 9.17) is 15.9 Å². The van der Waals surface area contributed by atoms with Gasteiger partial charge in [-0.1, -0.05) is 0 Å². The maximum Gasteiger partial charge on any atom is 0.206 e. The molecule has 0 spiro atoms. The highest BCUT2D eigenvalue weighted by Crippen LogP contribution is 2.15. The number of guanidine groups is 1. The average molecular weight is 184 g/mol. The molecule has 1 saturated heterocycles.